The number of ether oxygens (including phenoxy) is 2. The minimum atomic E-state index is 0.0980. The van der Waals surface area contributed by atoms with E-state index in [4.69, 9.17) is 20.9 Å². The Balaban J connectivity index is 1.48. The summed E-state index contributed by atoms with van der Waals surface area (Å²) in [6, 6.07) is 15.4. The maximum atomic E-state index is 5.87. The summed E-state index contributed by atoms with van der Waals surface area (Å²) < 4.78 is 11.6. The van der Waals surface area contributed by atoms with Crippen molar-refractivity contribution in [2.24, 2.45) is 0 Å². The highest BCUT2D eigenvalue weighted by molar-refractivity contribution is 5.41. The molecule has 4 N–H and O–H groups in total. The zero-order valence-electron chi connectivity index (χ0n) is 13.2. The Morgan fingerprint density at radius 2 is 1.65 bits per heavy atom. The molecular weight excluding hydrogens is 290 g/mol. The van der Waals surface area contributed by atoms with E-state index < -0.39 is 0 Å². The summed E-state index contributed by atoms with van der Waals surface area (Å²) in [5.41, 5.74) is 14.1. The molecule has 1 heterocycles. The van der Waals surface area contributed by atoms with Gasteiger partial charge in [0.15, 0.2) is 0 Å². The SMILES string of the molecule is Nc1ccc(OCCN2CCOC(c3ccc(N)cc3)C2)cc1. The summed E-state index contributed by atoms with van der Waals surface area (Å²) in [6.07, 6.45) is 0.0980. The lowest BCUT2D eigenvalue weighted by Crippen LogP contribution is -2.40. The van der Waals surface area contributed by atoms with E-state index in [2.05, 4.69) is 4.90 Å². The van der Waals surface area contributed by atoms with E-state index in [9.17, 15) is 0 Å². The molecule has 5 heteroatoms. The molecule has 5 nitrogen and oxygen atoms in total. The van der Waals surface area contributed by atoms with Crippen LogP contribution >= 0.6 is 0 Å². The van der Waals surface area contributed by atoms with Gasteiger partial charge in [-0.15, -0.1) is 0 Å². The highest BCUT2D eigenvalue weighted by atomic mass is 16.5. The second-order valence-electron chi connectivity index (χ2n) is 5.74. The van der Waals surface area contributed by atoms with Crippen LogP contribution < -0.4 is 16.2 Å². The predicted octanol–water partition coefficient (Wildman–Crippen LogP) is 2.30. The van der Waals surface area contributed by atoms with E-state index >= 15 is 0 Å². The number of benzene rings is 2. The largest absolute Gasteiger partial charge is 0.492 e. The van der Waals surface area contributed by atoms with Crippen molar-refractivity contribution in [1.82, 2.24) is 4.90 Å². The lowest BCUT2D eigenvalue weighted by molar-refractivity contribution is -0.0329. The molecule has 2 aromatic carbocycles. The van der Waals surface area contributed by atoms with Crippen LogP contribution in [0.2, 0.25) is 0 Å². The van der Waals surface area contributed by atoms with Crippen molar-refractivity contribution >= 4 is 11.4 Å². The van der Waals surface area contributed by atoms with Crippen LogP contribution in [0.1, 0.15) is 11.7 Å². The number of hydrogen-bond donors (Lipinski definition) is 2. The number of morpholine rings is 1. The standard InChI is InChI=1S/C18H23N3O2/c19-15-3-1-14(2-4-15)18-13-21(10-12-23-18)9-11-22-17-7-5-16(20)6-8-17/h1-8,18H,9-13,19-20H2. The third-order valence-electron chi connectivity index (χ3n) is 4.02. The van der Waals surface area contributed by atoms with Crippen LogP contribution in [0.4, 0.5) is 11.4 Å². The molecule has 0 amide bonds. The van der Waals surface area contributed by atoms with Crippen molar-refractivity contribution in [3.05, 3.63) is 54.1 Å². The van der Waals surface area contributed by atoms with Gasteiger partial charge in [0.1, 0.15) is 12.4 Å². The van der Waals surface area contributed by atoms with Crippen LogP contribution in [-0.4, -0.2) is 37.7 Å². The van der Waals surface area contributed by atoms with Crippen molar-refractivity contribution in [3.8, 4) is 5.75 Å². The Bertz CT molecular complexity index is 613. The quantitative estimate of drug-likeness (QED) is 0.829. The first-order chi connectivity index (χ1) is 11.2. The van der Waals surface area contributed by atoms with Gasteiger partial charge in [-0.25, -0.2) is 0 Å². The first kappa shape index (κ1) is 15.6. The van der Waals surface area contributed by atoms with Crippen LogP contribution in [0.3, 0.4) is 0 Å². The van der Waals surface area contributed by atoms with Gasteiger partial charge in [0.2, 0.25) is 0 Å². The van der Waals surface area contributed by atoms with Crippen LogP contribution in [0.5, 0.6) is 5.75 Å². The second kappa shape index (κ2) is 7.35. The molecule has 1 fully saturated rings. The van der Waals surface area contributed by atoms with Gasteiger partial charge in [-0.05, 0) is 42.0 Å². The lowest BCUT2D eigenvalue weighted by atomic mass is 10.1. The van der Waals surface area contributed by atoms with E-state index in [-0.39, 0.29) is 6.10 Å². The van der Waals surface area contributed by atoms with Crippen molar-refractivity contribution in [3.63, 3.8) is 0 Å². The molecule has 3 rings (SSSR count). The van der Waals surface area contributed by atoms with Crippen molar-refractivity contribution in [2.75, 3.05) is 44.3 Å². The second-order valence-corrected chi connectivity index (χ2v) is 5.74. The molecule has 0 bridgehead atoms. The smallest absolute Gasteiger partial charge is 0.119 e. The lowest BCUT2D eigenvalue weighted by Gasteiger charge is -2.33. The number of nitrogens with zero attached hydrogens (tertiary/aromatic N) is 1. The Morgan fingerprint density at radius 3 is 2.35 bits per heavy atom. The maximum absolute atomic E-state index is 5.87. The minimum Gasteiger partial charge on any atom is -0.492 e. The number of anilines is 2. The van der Waals surface area contributed by atoms with Crippen molar-refractivity contribution in [2.45, 2.75) is 6.10 Å². The monoisotopic (exact) mass is 313 g/mol. The molecular formula is C18H23N3O2. The molecule has 0 radical (unpaired) electrons. The zero-order chi connectivity index (χ0) is 16.1. The van der Waals surface area contributed by atoms with Crippen LogP contribution in [0, 0.1) is 0 Å². The summed E-state index contributed by atoms with van der Waals surface area (Å²) >= 11 is 0. The fourth-order valence-corrected chi connectivity index (χ4v) is 2.67. The fraction of sp³-hybridized carbons (Fsp3) is 0.333. The molecule has 1 aliphatic rings. The minimum absolute atomic E-state index is 0.0980. The summed E-state index contributed by atoms with van der Waals surface area (Å²) in [5, 5.41) is 0. The van der Waals surface area contributed by atoms with Gasteiger partial charge in [-0.2, -0.15) is 0 Å². The highest BCUT2D eigenvalue weighted by Gasteiger charge is 2.21. The molecule has 23 heavy (non-hydrogen) atoms. The number of nitrogens with two attached hydrogens (primary N) is 2. The van der Waals surface area contributed by atoms with E-state index in [1.54, 1.807) is 0 Å². The fourth-order valence-electron chi connectivity index (χ4n) is 2.67. The summed E-state index contributed by atoms with van der Waals surface area (Å²) in [6.45, 7) is 4.06. The van der Waals surface area contributed by atoms with Crippen LogP contribution in [0.15, 0.2) is 48.5 Å². The molecule has 1 aliphatic heterocycles. The predicted molar refractivity (Wildman–Crippen MR) is 92.3 cm³/mol. The normalized spacial score (nSPS) is 18.7. The molecule has 2 aromatic rings. The topological polar surface area (TPSA) is 73.7 Å². The average Bonchev–Trinajstić information content (AvgIpc) is 2.58. The molecule has 1 atom stereocenters. The molecule has 122 valence electrons. The average molecular weight is 313 g/mol. The van der Waals surface area contributed by atoms with Gasteiger partial charge in [-0.3, -0.25) is 4.90 Å². The molecule has 0 aromatic heterocycles. The first-order valence-electron chi connectivity index (χ1n) is 7.88. The summed E-state index contributed by atoms with van der Waals surface area (Å²) in [5.74, 6) is 0.850. The number of rotatable bonds is 5. The Hall–Kier alpha value is -2.24. The zero-order valence-corrected chi connectivity index (χ0v) is 13.2. The Labute approximate surface area is 136 Å². The first-order valence-corrected chi connectivity index (χ1v) is 7.88. The van der Waals surface area contributed by atoms with Crippen LogP contribution in [0.25, 0.3) is 0 Å². The molecule has 0 spiro atoms. The maximum Gasteiger partial charge on any atom is 0.119 e. The number of nitrogen functional groups attached to an aromatic ring is 2. The van der Waals surface area contributed by atoms with E-state index in [0.29, 0.717) is 6.61 Å². The highest BCUT2D eigenvalue weighted by Crippen LogP contribution is 2.23. The van der Waals surface area contributed by atoms with Crippen molar-refractivity contribution < 1.29 is 9.47 Å². The van der Waals surface area contributed by atoms with Gasteiger partial charge in [0, 0.05) is 31.0 Å². The molecule has 0 aliphatic carbocycles. The Morgan fingerprint density at radius 1 is 1.00 bits per heavy atom. The molecule has 1 unspecified atom stereocenters. The van der Waals surface area contributed by atoms with Gasteiger partial charge in [0.25, 0.3) is 0 Å². The summed E-state index contributed by atoms with van der Waals surface area (Å²) in [7, 11) is 0. The van der Waals surface area contributed by atoms with E-state index in [0.717, 1.165) is 43.4 Å². The van der Waals surface area contributed by atoms with Gasteiger partial charge in [-0.1, -0.05) is 12.1 Å². The van der Waals surface area contributed by atoms with Crippen LogP contribution in [-0.2, 0) is 4.74 Å². The molecule has 0 saturated carbocycles. The van der Waals surface area contributed by atoms with E-state index in [1.165, 1.54) is 5.56 Å². The Kier molecular flexibility index (Phi) is 5.00. The third-order valence-corrected chi connectivity index (χ3v) is 4.02. The van der Waals surface area contributed by atoms with Crippen molar-refractivity contribution in [1.29, 1.82) is 0 Å². The number of hydrogen-bond acceptors (Lipinski definition) is 5. The van der Waals surface area contributed by atoms with E-state index in [1.807, 2.05) is 48.5 Å². The molecule has 1 saturated heterocycles. The van der Waals surface area contributed by atoms with Gasteiger partial charge < -0.3 is 20.9 Å². The summed E-state index contributed by atoms with van der Waals surface area (Å²) in [4.78, 5) is 2.36. The third kappa shape index (κ3) is 4.37. The van der Waals surface area contributed by atoms with Gasteiger partial charge in [0.05, 0.1) is 12.7 Å². The van der Waals surface area contributed by atoms with Gasteiger partial charge >= 0.3 is 0 Å².